The van der Waals surface area contributed by atoms with E-state index < -0.39 is 0 Å². The summed E-state index contributed by atoms with van der Waals surface area (Å²) in [6, 6.07) is 9.41. The SMILES string of the molecule is Cl.Cn1cc(CNC2CCCCCC2)c2ccccc21. The van der Waals surface area contributed by atoms with Crippen LogP contribution in [-0.4, -0.2) is 10.6 Å². The average Bonchev–Trinajstić information content (AvgIpc) is 2.63. The third-order valence-corrected chi connectivity index (χ3v) is 4.42. The highest BCUT2D eigenvalue weighted by molar-refractivity contribution is 5.85. The van der Waals surface area contributed by atoms with E-state index in [1.807, 2.05) is 0 Å². The van der Waals surface area contributed by atoms with Crippen LogP contribution in [0, 0.1) is 0 Å². The maximum absolute atomic E-state index is 3.77. The Bertz CT molecular complexity index is 539. The summed E-state index contributed by atoms with van der Waals surface area (Å²) >= 11 is 0. The Hall–Kier alpha value is -0.990. The van der Waals surface area contributed by atoms with Crippen LogP contribution in [0.5, 0.6) is 0 Å². The van der Waals surface area contributed by atoms with Crippen LogP contribution < -0.4 is 5.32 Å². The zero-order chi connectivity index (χ0) is 13.1. The molecule has 110 valence electrons. The van der Waals surface area contributed by atoms with Gasteiger partial charge in [0.15, 0.2) is 0 Å². The van der Waals surface area contributed by atoms with Gasteiger partial charge in [-0.1, -0.05) is 43.9 Å². The van der Waals surface area contributed by atoms with Gasteiger partial charge in [0.2, 0.25) is 0 Å². The number of hydrogen-bond acceptors (Lipinski definition) is 1. The highest BCUT2D eigenvalue weighted by Gasteiger charge is 2.12. The first-order valence-electron chi connectivity index (χ1n) is 7.61. The molecule has 1 aromatic carbocycles. The highest BCUT2D eigenvalue weighted by Crippen LogP contribution is 2.22. The summed E-state index contributed by atoms with van der Waals surface area (Å²) in [5.74, 6) is 0. The zero-order valence-electron chi connectivity index (χ0n) is 12.3. The molecule has 0 saturated heterocycles. The van der Waals surface area contributed by atoms with Crippen molar-refractivity contribution in [2.24, 2.45) is 7.05 Å². The number of fused-ring (bicyclic) bond motifs is 1. The van der Waals surface area contributed by atoms with Gasteiger partial charge in [-0.05, 0) is 24.5 Å². The summed E-state index contributed by atoms with van der Waals surface area (Å²) in [5, 5.41) is 5.16. The van der Waals surface area contributed by atoms with E-state index in [9.17, 15) is 0 Å². The van der Waals surface area contributed by atoms with Crippen molar-refractivity contribution in [3.63, 3.8) is 0 Å². The Morgan fingerprint density at radius 2 is 1.80 bits per heavy atom. The topological polar surface area (TPSA) is 17.0 Å². The normalized spacial score (nSPS) is 16.9. The molecule has 1 heterocycles. The molecular formula is C17H25ClN2. The van der Waals surface area contributed by atoms with Crippen LogP contribution in [0.1, 0.15) is 44.1 Å². The molecule has 0 spiro atoms. The predicted octanol–water partition coefficient (Wildman–Crippen LogP) is 4.41. The molecule has 0 bridgehead atoms. The van der Waals surface area contributed by atoms with E-state index in [1.54, 1.807) is 0 Å². The standard InChI is InChI=1S/C17H24N2.ClH/c1-19-13-14(16-10-6-7-11-17(16)19)12-18-15-8-4-2-3-5-9-15;/h6-7,10-11,13,15,18H,2-5,8-9,12H2,1H3;1H. The molecule has 3 heteroatoms. The fraction of sp³-hybridized carbons (Fsp3) is 0.529. The number of nitrogens with zero attached hydrogens (tertiary/aromatic N) is 1. The molecule has 0 amide bonds. The van der Waals surface area contributed by atoms with Gasteiger partial charge < -0.3 is 9.88 Å². The van der Waals surface area contributed by atoms with Crippen molar-refractivity contribution < 1.29 is 0 Å². The molecule has 2 aromatic rings. The monoisotopic (exact) mass is 292 g/mol. The average molecular weight is 293 g/mol. The molecule has 1 aliphatic carbocycles. The van der Waals surface area contributed by atoms with E-state index in [0.29, 0.717) is 0 Å². The maximum Gasteiger partial charge on any atom is 0.0481 e. The molecule has 1 fully saturated rings. The Morgan fingerprint density at radius 1 is 1.10 bits per heavy atom. The first-order valence-corrected chi connectivity index (χ1v) is 7.61. The van der Waals surface area contributed by atoms with Gasteiger partial charge in [-0.3, -0.25) is 0 Å². The number of rotatable bonds is 3. The molecule has 1 aromatic heterocycles. The number of benzene rings is 1. The minimum Gasteiger partial charge on any atom is -0.350 e. The van der Waals surface area contributed by atoms with Crippen LogP contribution in [0.3, 0.4) is 0 Å². The molecule has 0 unspecified atom stereocenters. The van der Waals surface area contributed by atoms with Gasteiger partial charge in [0, 0.05) is 36.7 Å². The molecule has 3 rings (SSSR count). The minimum absolute atomic E-state index is 0. The van der Waals surface area contributed by atoms with Gasteiger partial charge >= 0.3 is 0 Å². The van der Waals surface area contributed by atoms with Gasteiger partial charge in [-0.2, -0.15) is 0 Å². The molecule has 0 aliphatic heterocycles. The molecule has 0 atom stereocenters. The van der Waals surface area contributed by atoms with Crippen LogP contribution in [0.4, 0.5) is 0 Å². The third kappa shape index (κ3) is 3.36. The number of para-hydroxylation sites is 1. The Balaban J connectivity index is 0.00000147. The van der Waals surface area contributed by atoms with Crippen molar-refractivity contribution in [2.75, 3.05) is 0 Å². The van der Waals surface area contributed by atoms with E-state index in [1.165, 1.54) is 55.0 Å². The Kier molecular flexibility index (Phi) is 5.50. The van der Waals surface area contributed by atoms with Crippen molar-refractivity contribution in [1.29, 1.82) is 0 Å². The van der Waals surface area contributed by atoms with Crippen molar-refractivity contribution >= 4 is 23.3 Å². The lowest BCUT2D eigenvalue weighted by Crippen LogP contribution is -2.27. The summed E-state index contributed by atoms with van der Waals surface area (Å²) in [4.78, 5) is 0. The van der Waals surface area contributed by atoms with E-state index >= 15 is 0 Å². The highest BCUT2D eigenvalue weighted by atomic mass is 35.5. The second-order valence-electron chi connectivity index (χ2n) is 5.85. The van der Waals surface area contributed by atoms with Crippen molar-refractivity contribution in [2.45, 2.75) is 51.1 Å². The van der Waals surface area contributed by atoms with Crippen LogP contribution >= 0.6 is 12.4 Å². The van der Waals surface area contributed by atoms with Crippen LogP contribution in [-0.2, 0) is 13.6 Å². The number of aryl methyl sites for hydroxylation is 1. The van der Waals surface area contributed by atoms with Crippen LogP contribution in [0.15, 0.2) is 30.5 Å². The number of nitrogens with one attached hydrogen (secondary N) is 1. The Morgan fingerprint density at radius 3 is 2.55 bits per heavy atom. The molecule has 1 aliphatic rings. The summed E-state index contributed by atoms with van der Waals surface area (Å²) in [6.07, 6.45) is 10.6. The summed E-state index contributed by atoms with van der Waals surface area (Å²) in [5.41, 5.74) is 2.77. The smallest absolute Gasteiger partial charge is 0.0481 e. The second kappa shape index (κ2) is 7.14. The van der Waals surface area contributed by atoms with E-state index in [4.69, 9.17) is 0 Å². The third-order valence-electron chi connectivity index (χ3n) is 4.42. The van der Waals surface area contributed by atoms with E-state index in [2.05, 4.69) is 47.4 Å². The summed E-state index contributed by atoms with van der Waals surface area (Å²) < 4.78 is 2.24. The van der Waals surface area contributed by atoms with Gasteiger partial charge in [0.05, 0.1) is 0 Å². The number of hydrogen-bond donors (Lipinski definition) is 1. The number of aromatic nitrogens is 1. The lowest BCUT2D eigenvalue weighted by Gasteiger charge is -2.15. The Labute approximate surface area is 128 Å². The van der Waals surface area contributed by atoms with E-state index in [-0.39, 0.29) is 12.4 Å². The van der Waals surface area contributed by atoms with Gasteiger partial charge in [0.1, 0.15) is 0 Å². The largest absolute Gasteiger partial charge is 0.350 e. The quantitative estimate of drug-likeness (QED) is 0.829. The zero-order valence-corrected chi connectivity index (χ0v) is 13.1. The predicted molar refractivity (Wildman–Crippen MR) is 88.5 cm³/mol. The maximum atomic E-state index is 3.77. The van der Waals surface area contributed by atoms with Crippen LogP contribution in [0.2, 0.25) is 0 Å². The minimum atomic E-state index is 0. The van der Waals surface area contributed by atoms with Crippen LogP contribution in [0.25, 0.3) is 10.9 Å². The number of halogens is 1. The first-order chi connectivity index (χ1) is 9.34. The van der Waals surface area contributed by atoms with Crippen molar-refractivity contribution in [1.82, 2.24) is 9.88 Å². The van der Waals surface area contributed by atoms with Crippen molar-refractivity contribution in [3.05, 3.63) is 36.0 Å². The van der Waals surface area contributed by atoms with E-state index in [0.717, 1.165) is 12.6 Å². The molecular weight excluding hydrogens is 268 g/mol. The fourth-order valence-electron chi connectivity index (χ4n) is 3.30. The molecule has 0 radical (unpaired) electrons. The molecule has 2 nitrogen and oxygen atoms in total. The van der Waals surface area contributed by atoms with Gasteiger partial charge in [0.25, 0.3) is 0 Å². The first kappa shape index (κ1) is 15.4. The van der Waals surface area contributed by atoms with Crippen molar-refractivity contribution in [3.8, 4) is 0 Å². The van der Waals surface area contributed by atoms with Gasteiger partial charge in [-0.25, -0.2) is 0 Å². The summed E-state index contributed by atoms with van der Waals surface area (Å²) in [6.45, 7) is 1.01. The summed E-state index contributed by atoms with van der Waals surface area (Å²) in [7, 11) is 2.14. The molecule has 1 saturated carbocycles. The molecule has 1 N–H and O–H groups in total. The fourth-order valence-corrected chi connectivity index (χ4v) is 3.30. The lowest BCUT2D eigenvalue weighted by atomic mass is 10.1. The second-order valence-corrected chi connectivity index (χ2v) is 5.85. The van der Waals surface area contributed by atoms with Gasteiger partial charge in [-0.15, -0.1) is 12.4 Å². The lowest BCUT2D eigenvalue weighted by molar-refractivity contribution is 0.460. The molecule has 20 heavy (non-hydrogen) atoms.